The highest BCUT2D eigenvalue weighted by Crippen LogP contribution is 2.17. The van der Waals surface area contributed by atoms with E-state index in [1.54, 1.807) is 11.3 Å². The highest BCUT2D eigenvalue weighted by Gasteiger charge is 2.12. The summed E-state index contributed by atoms with van der Waals surface area (Å²) in [7, 11) is 0. The number of hydrogen-bond acceptors (Lipinski definition) is 3. The molecule has 0 N–H and O–H groups in total. The Balaban J connectivity index is 1.97. The van der Waals surface area contributed by atoms with Gasteiger partial charge in [-0.2, -0.15) is 0 Å². The van der Waals surface area contributed by atoms with Gasteiger partial charge < -0.3 is 0 Å². The molecule has 0 spiro atoms. The van der Waals surface area contributed by atoms with Crippen molar-refractivity contribution in [2.45, 2.75) is 26.3 Å². The molecule has 1 saturated heterocycles. The zero-order valence-corrected chi connectivity index (χ0v) is 9.23. The molecule has 0 unspecified atom stereocenters. The maximum absolute atomic E-state index is 4.27. The quantitative estimate of drug-likeness (QED) is 0.689. The molecule has 1 fully saturated rings. The molecule has 2 nitrogen and oxygen atoms in total. The van der Waals surface area contributed by atoms with Gasteiger partial charge in [0.05, 0.1) is 0 Å². The fourth-order valence-electron chi connectivity index (χ4n) is 1.71. The van der Waals surface area contributed by atoms with Crippen molar-refractivity contribution >= 4 is 11.3 Å². The molecule has 1 aromatic heterocycles. The van der Waals surface area contributed by atoms with Crippen molar-refractivity contribution in [3.05, 3.63) is 16.1 Å². The first kappa shape index (κ1) is 9.70. The first-order chi connectivity index (χ1) is 6.88. The van der Waals surface area contributed by atoms with Crippen molar-refractivity contribution in [2.24, 2.45) is 0 Å². The standard InChI is InChI=1S/C11H14N2S/c1-2-5-11-12-8-10(14-11)9-13-6-3-4-7-13/h8H,3-4,6-7,9H2,1H3. The Morgan fingerprint density at radius 2 is 2.29 bits per heavy atom. The maximum atomic E-state index is 4.27. The molecule has 0 aromatic carbocycles. The Morgan fingerprint density at radius 1 is 1.50 bits per heavy atom. The lowest BCUT2D eigenvalue weighted by molar-refractivity contribution is 0.334. The van der Waals surface area contributed by atoms with Gasteiger partial charge in [-0.1, -0.05) is 5.92 Å². The molecule has 14 heavy (non-hydrogen) atoms. The molecular weight excluding hydrogens is 192 g/mol. The van der Waals surface area contributed by atoms with Crippen molar-refractivity contribution in [3.8, 4) is 11.8 Å². The van der Waals surface area contributed by atoms with Gasteiger partial charge in [-0.05, 0) is 38.8 Å². The smallest absolute Gasteiger partial charge is 0.167 e. The third kappa shape index (κ3) is 2.34. The number of hydrogen-bond donors (Lipinski definition) is 0. The van der Waals surface area contributed by atoms with Gasteiger partial charge in [0.25, 0.3) is 0 Å². The van der Waals surface area contributed by atoms with E-state index in [9.17, 15) is 0 Å². The SMILES string of the molecule is CC#Cc1ncc(CN2CCCC2)s1. The first-order valence-electron chi connectivity index (χ1n) is 4.98. The van der Waals surface area contributed by atoms with Crippen LogP contribution >= 0.6 is 11.3 Å². The zero-order valence-electron chi connectivity index (χ0n) is 8.42. The maximum Gasteiger partial charge on any atom is 0.167 e. The molecule has 2 rings (SSSR count). The van der Waals surface area contributed by atoms with Crippen LogP contribution in [0.5, 0.6) is 0 Å². The summed E-state index contributed by atoms with van der Waals surface area (Å²) in [5.41, 5.74) is 0. The minimum atomic E-state index is 0.946. The number of thiazole rings is 1. The van der Waals surface area contributed by atoms with Gasteiger partial charge in [-0.25, -0.2) is 4.98 Å². The van der Waals surface area contributed by atoms with Crippen LogP contribution in [-0.4, -0.2) is 23.0 Å². The number of likely N-dealkylation sites (tertiary alicyclic amines) is 1. The molecule has 2 heterocycles. The third-order valence-electron chi connectivity index (χ3n) is 2.36. The lowest BCUT2D eigenvalue weighted by Crippen LogP contribution is -2.17. The lowest BCUT2D eigenvalue weighted by atomic mass is 10.4. The van der Waals surface area contributed by atoms with Crippen LogP contribution < -0.4 is 0 Å². The molecule has 1 aliphatic rings. The monoisotopic (exact) mass is 206 g/mol. The topological polar surface area (TPSA) is 16.1 Å². The minimum absolute atomic E-state index is 0.946. The summed E-state index contributed by atoms with van der Waals surface area (Å²) < 4.78 is 0. The van der Waals surface area contributed by atoms with E-state index in [4.69, 9.17) is 0 Å². The highest BCUT2D eigenvalue weighted by molar-refractivity contribution is 7.12. The van der Waals surface area contributed by atoms with Crippen molar-refractivity contribution in [1.82, 2.24) is 9.88 Å². The van der Waals surface area contributed by atoms with Crippen LogP contribution in [-0.2, 0) is 6.54 Å². The van der Waals surface area contributed by atoms with Gasteiger partial charge in [0, 0.05) is 17.6 Å². The Labute approximate surface area is 89.0 Å². The first-order valence-corrected chi connectivity index (χ1v) is 5.80. The van der Waals surface area contributed by atoms with E-state index in [0.29, 0.717) is 0 Å². The van der Waals surface area contributed by atoms with Gasteiger partial charge >= 0.3 is 0 Å². The molecule has 1 aliphatic heterocycles. The molecule has 0 amide bonds. The van der Waals surface area contributed by atoms with Gasteiger partial charge in [0.2, 0.25) is 0 Å². The van der Waals surface area contributed by atoms with Gasteiger partial charge in [0.15, 0.2) is 5.01 Å². The summed E-state index contributed by atoms with van der Waals surface area (Å²) in [6.45, 7) is 5.39. The number of nitrogens with zero attached hydrogens (tertiary/aromatic N) is 2. The Kier molecular flexibility index (Phi) is 3.18. The average molecular weight is 206 g/mol. The minimum Gasteiger partial charge on any atom is -0.298 e. The summed E-state index contributed by atoms with van der Waals surface area (Å²) >= 11 is 1.72. The Morgan fingerprint density at radius 3 is 3.00 bits per heavy atom. The zero-order chi connectivity index (χ0) is 9.80. The predicted molar refractivity (Wildman–Crippen MR) is 59.2 cm³/mol. The van der Waals surface area contributed by atoms with Crippen molar-refractivity contribution in [3.63, 3.8) is 0 Å². The van der Waals surface area contributed by atoms with Crippen LogP contribution in [0, 0.1) is 11.8 Å². The molecule has 0 aliphatic carbocycles. The van der Waals surface area contributed by atoms with Crippen LogP contribution in [0.15, 0.2) is 6.20 Å². The Bertz CT molecular complexity index is 353. The molecule has 1 aromatic rings. The van der Waals surface area contributed by atoms with Gasteiger partial charge in [-0.15, -0.1) is 11.3 Å². The second-order valence-corrected chi connectivity index (χ2v) is 4.61. The molecule has 0 radical (unpaired) electrons. The predicted octanol–water partition coefficient (Wildman–Crippen LogP) is 2.11. The lowest BCUT2D eigenvalue weighted by Gasteiger charge is -2.11. The van der Waals surface area contributed by atoms with Gasteiger partial charge in [0.1, 0.15) is 0 Å². The summed E-state index contributed by atoms with van der Waals surface area (Å²) in [4.78, 5) is 8.09. The van der Waals surface area contributed by atoms with E-state index in [1.165, 1.54) is 30.8 Å². The van der Waals surface area contributed by atoms with Crippen LogP contribution in [0.1, 0.15) is 29.7 Å². The fraction of sp³-hybridized carbons (Fsp3) is 0.545. The van der Waals surface area contributed by atoms with Crippen molar-refractivity contribution < 1.29 is 0 Å². The van der Waals surface area contributed by atoms with E-state index >= 15 is 0 Å². The fourth-order valence-corrected chi connectivity index (χ4v) is 2.57. The molecular formula is C11H14N2S. The van der Waals surface area contributed by atoms with E-state index in [-0.39, 0.29) is 0 Å². The summed E-state index contributed by atoms with van der Waals surface area (Å²) in [6, 6.07) is 0. The second-order valence-electron chi connectivity index (χ2n) is 3.49. The molecule has 0 atom stereocenters. The van der Waals surface area contributed by atoms with Crippen molar-refractivity contribution in [1.29, 1.82) is 0 Å². The number of rotatable bonds is 2. The van der Waals surface area contributed by atoms with Crippen molar-refractivity contribution in [2.75, 3.05) is 13.1 Å². The largest absolute Gasteiger partial charge is 0.298 e. The van der Waals surface area contributed by atoms with E-state index in [1.807, 2.05) is 13.1 Å². The van der Waals surface area contributed by atoms with Gasteiger partial charge in [-0.3, -0.25) is 4.90 Å². The third-order valence-corrected chi connectivity index (χ3v) is 3.26. The van der Waals surface area contributed by atoms with E-state index in [0.717, 1.165) is 11.6 Å². The van der Waals surface area contributed by atoms with Crippen LogP contribution in [0.25, 0.3) is 0 Å². The second kappa shape index (κ2) is 4.59. The summed E-state index contributed by atoms with van der Waals surface area (Å²) in [6.07, 6.45) is 4.66. The van der Waals surface area contributed by atoms with Crippen LogP contribution in [0.4, 0.5) is 0 Å². The highest BCUT2D eigenvalue weighted by atomic mass is 32.1. The Hall–Kier alpha value is -0.850. The number of aromatic nitrogens is 1. The van der Waals surface area contributed by atoms with E-state index in [2.05, 4.69) is 21.7 Å². The molecule has 0 saturated carbocycles. The summed E-state index contributed by atoms with van der Waals surface area (Å²) in [5.74, 6) is 5.87. The van der Waals surface area contributed by atoms with E-state index < -0.39 is 0 Å². The van der Waals surface area contributed by atoms with Crippen LogP contribution in [0.2, 0.25) is 0 Å². The molecule has 3 heteroatoms. The molecule has 74 valence electrons. The average Bonchev–Trinajstić information content (AvgIpc) is 2.79. The normalized spacial score (nSPS) is 16.6. The van der Waals surface area contributed by atoms with Crippen LogP contribution in [0.3, 0.4) is 0 Å². The summed E-state index contributed by atoms with van der Waals surface area (Å²) in [5, 5.41) is 0.946. The molecule has 0 bridgehead atoms.